The van der Waals surface area contributed by atoms with E-state index in [9.17, 15) is 9.59 Å². The van der Waals surface area contributed by atoms with Crippen molar-refractivity contribution in [1.82, 2.24) is 4.90 Å². The molecule has 6 nitrogen and oxygen atoms in total. The van der Waals surface area contributed by atoms with Crippen molar-refractivity contribution < 1.29 is 18.4 Å². The number of carbonyl (C=O) groups is 1. The summed E-state index contributed by atoms with van der Waals surface area (Å²) in [7, 11) is 4.17. The van der Waals surface area contributed by atoms with Crippen molar-refractivity contribution in [3.63, 3.8) is 0 Å². The van der Waals surface area contributed by atoms with Crippen LogP contribution >= 0.6 is 0 Å². The van der Waals surface area contributed by atoms with E-state index in [0.717, 1.165) is 29.7 Å². The molecule has 0 bridgehead atoms. The lowest BCUT2D eigenvalue weighted by molar-refractivity contribution is -0.883. The molecule has 0 fully saturated rings. The molecule has 2 rings (SSSR count). The van der Waals surface area contributed by atoms with Gasteiger partial charge in [0, 0.05) is 35.5 Å². The molecule has 0 atom stereocenters. The average Bonchev–Trinajstić information content (AvgIpc) is 2.68. The van der Waals surface area contributed by atoms with Crippen LogP contribution in [0.15, 0.2) is 45.1 Å². The number of hydrogen-bond donors (Lipinski definition) is 0. The third kappa shape index (κ3) is 7.74. The molecule has 1 aromatic heterocycles. The van der Waals surface area contributed by atoms with Gasteiger partial charge in [-0.15, -0.1) is 0 Å². The fraction of sp³-hybridized carbons (Fsp3) is 0.556. The molecular weight excluding hydrogens is 416 g/mol. The predicted molar refractivity (Wildman–Crippen MR) is 135 cm³/mol. The molecule has 6 heteroatoms. The van der Waals surface area contributed by atoms with Crippen LogP contribution in [0.2, 0.25) is 0 Å². The average molecular weight is 458 g/mol. The fourth-order valence-corrected chi connectivity index (χ4v) is 4.18. The Morgan fingerprint density at radius 3 is 2.33 bits per heavy atom. The van der Waals surface area contributed by atoms with Gasteiger partial charge in [0.2, 0.25) is 0 Å². The summed E-state index contributed by atoms with van der Waals surface area (Å²) in [6.07, 6.45) is 3.55. The van der Waals surface area contributed by atoms with E-state index in [0.29, 0.717) is 29.6 Å². The molecule has 0 radical (unpaired) electrons. The first-order valence-electron chi connectivity index (χ1n) is 11.9. The van der Waals surface area contributed by atoms with Gasteiger partial charge in [0.25, 0.3) is 5.91 Å². The number of carbonyl (C=O) groups excluding carboxylic acids is 1. The lowest BCUT2D eigenvalue weighted by atomic mass is 10.1. The van der Waals surface area contributed by atoms with E-state index in [4.69, 9.17) is 9.15 Å². The van der Waals surface area contributed by atoms with Crippen LogP contribution in [0.1, 0.15) is 53.5 Å². The first-order chi connectivity index (χ1) is 15.4. The van der Waals surface area contributed by atoms with Gasteiger partial charge in [-0.3, -0.25) is 4.79 Å². The minimum atomic E-state index is -0.362. The highest BCUT2D eigenvalue weighted by Gasteiger charge is 2.27. The molecule has 182 valence electrons. The van der Waals surface area contributed by atoms with Gasteiger partial charge >= 0.3 is 5.63 Å². The molecule has 1 aromatic carbocycles. The molecule has 0 saturated carbocycles. The number of fused-ring (bicyclic) bond motifs is 1. The van der Waals surface area contributed by atoms with Crippen LogP contribution in [0.25, 0.3) is 11.0 Å². The van der Waals surface area contributed by atoms with Gasteiger partial charge in [-0.2, -0.15) is 0 Å². The molecule has 0 saturated heterocycles. The Bertz CT molecular complexity index is 1020. The highest BCUT2D eigenvalue weighted by Crippen LogP contribution is 2.28. The van der Waals surface area contributed by atoms with Crippen molar-refractivity contribution in [2.45, 2.75) is 66.5 Å². The van der Waals surface area contributed by atoms with Crippen molar-refractivity contribution in [2.24, 2.45) is 0 Å². The smallest absolute Gasteiger partial charge is 0.336 e. The van der Waals surface area contributed by atoms with Gasteiger partial charge in [0.15, 0.2) is 6.54 Å². The van der Waals surface area contributed by atoms with Crippen molar-refractivity contribution >= 4 is 16.9 Å². The largest absolute Gasteiger partial charge is 0.493 e. The van der Waals surface area contributed by atoms with Gasteiger partial charge in [-0.25, -0.2) is 4.79 Å². The Hall–Kier alpha value is -2.60. The maximum absolute atomic E-state index is 12.9. The second-order valence-corrected chi connectivity index (χ2v) is 10.2. The van der Waals surface area contributed by atoms with E-state index < -0.39 is 0 Å². The van der Waals surface area contributed by atoms with Crippen LogP contribution in [0.5, 0.6) is 5.75 Å². The number of rotatable bonds is 11. The second kappa shape index (κ2) is 11.5. The van der Waals surface area contributed by atoms with Crippen LogP contribution in [0.3, 0.4) is 0 Å². The minimum Gasteiger partial charge on any atom is -0.493 e. The molecule has 0 aliphatic rings. The maximum atomic E-state index is 12.9. The minimum absolute atomic E-state index is 0.180. The third-order valence-electron chi connectivity index (χ3n) is 5.69. The van der Waals surface area contributed by atoms with E-state index in [1.165, 1.54) is 11.6 Å². The summed E-state index contributed by atoms with van der Waals surface area (Å²) < 4.78 is 12.3. The zero-order chi connectivity index (χ0) is 24.8. The lowest BCUT2D eigenvalue weighted by Gasteiger charge is -2.35. The topological polar surface area (TPSA) is 59.8 Å². The Labute approximate surface area is 198 Å². The molecule has 0 N–H and O–H groups in total. The SMILES string of the molecule is CC(C)=CCc1c(OCCC[N+](C)(C)CC(=O)N(C(C)C)C(C)C)ccc2ccc(=O)oc12. The Morgan fingerprint density at radius 2 is 1.73 bits per heavy atom. The number of quaternary nitrogens is 1. The zero-order valence-corrected chi connectivity index (χ0v) is 21.6. The van der Waals surface area contributed by atoms with Gasteiger partial charge in [-0.1, -0.05) is 11.6 Å². The van der Waals surface area contributed by atoms with Crippen molar-refractivity contribution in [3.05, 3.63) is 51.9 Å². The van der Waals surface area contributed by atoms with Crippen LogP contribution in [0, 0.1) is 0 Å². The lowest BCUT2D eigenvalue weighted by Crippen LogP contribution is -2.52. The Morgan fingerprint density at radius 1 is 1.09 bits per heavy atom. The number of allylic oxidation sites excluding steroid dienone is 2. The summed E-state index contributed by atoms with van der Waals surface area (Å²) >= 11 is 0. The predicted octanol–water partition coefficient (Wildman–Crippen LogP) is 4.79. The van der Waals surface area contributed by atoms with E-state index in [2.05, 4.69) is 47.9 Å². The van der Waals surface area contributed by atoms with Gasteiger partial charge in [0.05, 0.1) is 27.2 Å². The highest BCUT2D eigenvalue weighted by molar-refractivity contribution is 5.82. The van der Waals surface area contributed by atoms with E-state index in [1.54, 1.807) is 6.07 Å². The number of nitrogens with zero attached hydrogens (tertiary/aromatic N) is 2. The van der Waals surface area contributed by atoms with Crippen molar-refractivity contribution in [1.29, 1.82) is 0 Å². The summed E-state index contributed by atoms with van der Waals surface area (Å²) in [6, 6.07) is 7.47. The van der Waals surface area contributed by atoms with E-state index >= 15 is 0 Å². The van der Waals surface area contributed by atoms with Crippen molar-refractivity contribution in [2.75, 3.05) is 33.8 Å². The molecular formula is C27H41N2O4+. The quantitative estimate of drug-likeness (QED) is 0.211. The summed E-state index contributed by atoms with van der Waals surface area (Å²) in [5.41, 5.74) is 2.30. The summed E-state index contributed by atoms with van der Waals surface area (Å²) in [5.74, 6) is 0.918. The molecule has 1 amide bonds. The van der Waals surface area contributed by atoms with Gasteiger partial charge < -0.3 is 18.5 Å². The van der Waals surface area contributed by atoms with Crippen molar-refractivity contribution in [3.8, 4) is 5.75 Å². The molecule has 0 unspecified atom stereocenters. The van der Waals surface area contributed by atoms with Crippen LogP contribution < -0.4 is 10.4 Å². The number of hydrogen-bond acceptors (Lipinski definition) is 4. The maximum Gasteiger partial charge on any atom is 0.336 e. The first kappa shape index (κ1) is 26.7. The monoisotopic (exact) mass is 457 g/mol. The summed E-state index contributed by atoms with van der Waals surface area (Å²) in [5, 5.41) is 0.885. The zero-order valence-electron chi connectivity index (χ0n) is 21.6. The molecule has 33 heavy (non-hydrogen) atoms. The van der Waals surface area contributed by atoms with Gasteiger partial charge in [0.1, 0.15) is 11.3 Å². The van der Waals surface area contributed by atoms with Crippen LogP contribution in [0.4, 0.5) is 0 Å². The van der Waals surface area contributed by atoms with Crippen LogP contribution in [-0.4, -0.2) is 61.2 Å². The summed E-state index contributed by atoms with van der Waals surface area (Å²) in [4.78, 5) is 26.6. The second-order valence-electron chi connectivity index (χ2n) is 10.2. The number of ether oxygens (including phenoxy) is 1. The Balaban J connectivity index is 2.07. The molecule has 0 aliphatic heterocycles. The van der Waals surface area contributed by atoms with Gasteiger partial charge in [-0.05, 0) is 66.2 Å². The molecule has 0 aliphatic carbocycles. The van der Waals surface area contributed by atoms with E-state index in [1.807, 2.05) is 30.9 Å². The molecule has 2 aromatic rings. The standard InChI is InChI=1S/C27H41N2O4/c1-19(2)10-13-23-24(14-11-22-12-15-26(31)33-27(22)23)32-17-9-16-29(7,8)18-25(30)28(20(3)4)21(5)6/h10-12,14-15,20-21H,9,13,16-18H2,1-8H3/q+1. The fourth-order valence-electron chi connectivity index (χ4n) is 4.18. The number of benzene rings is 1. The normalized spacial score (nSPS) is 11.8. The number of likely N-dealkylation sites (N-methyl/N-ethyl adjacent to an activating group) is 1. The molecule has 0 spiro atoms. The molecule has 1 heterocycles. The van der Waals surface area contributed by atoms with E-state index in [-0.39, 0.29) is 23.6 Å². The highest BCUT2D eigenvalue weighted by atomic mass is 16.5. The summed E-state index contributed by atoms with van der Waals surface area (Å²) in [6.45, 7) is 14.1. The first-order valence-corrected chi connectivity index (χ1v) is 11.9. The van der Waals surface area contributed by atoms with Crippen LogP contribution in [-0.2, 0) is 11.2 Å². The number of amides is 1. The third-order valence-corrected chi connectivity index (χ3v) is 5.69. The Kier molecular flexibility index (Phi) is 9.29.